The number of carbonyl (C=O) groups excluding carboxylic acids is 1. The SMILES string of the molecule is CCC(C)(C)NC(=O)C(C)OC1CCCC(N)C1. The second-order valence-corrected chi connectivity index (χ2v) is 6.05. The maximum Gasteiger partial charge on any atom is 0.249 e. The van der Waals surface area contributed by atoms with Gasteiger partial charge in [0.15, 0.2) is 0 Å². The Morgan fingerprint density at radius 3 is 2.72 bits per heavy atom. The van der Waals surface area contributed by atoms with Gasteiger partial charge in [-0.15, -0.1) is 0 Å². The molecule has 4 nitrogen and oxygen atoms in total. The molecule has 0 aliphatic heterocycles. The molecule has 1 aliphatic rings. The number of nitrogens with two attached hydrogens (primary N) is 1. The number of ether oxygens (including phenoxy) is 1. The lowest BCUT2D eigenvalue weighted by atomic mass is 9.93. The average Bonchev–Trinajstić information content (AvgIpc) is 2.28. The molecule has 0 aromatic heterocycles. The van der Waals surface area contributed by atoms with E-state index >= 15 is 0 Å². The van der Waals surface area contributed by atoms with Crippen molar-refractivity contribution in [1.82, 2.24) is 5.32 Å². The Labute approximate surface area is 111 Å². The molecule has 1 fully saturated rings. The molecule has 3 unspecified atom stereocenters. The molecule has 0 bridgehead atoms. The van der Waals surface area contributed by atoms with Crippen molar-refractivity contribution in [3.8, 4) is 0 Å². The first-order chi connectivity index (χ1) is 8.34. The van der Waals surface area contributed by atoms with Gasteiger partial charge in [0.25, 0.3) is 0 Å². The highest BCUT2D eigenvalue weighted by Crippen LogP contribution is 2.21. The average molecular weight is 256 g/mol. The van der Waals surface area contributed by atoms with E-state index in [4.69, 9.17) is 10.5 Å². The zero-order valence-corrected chi connectivity index (χ0v) is 12.2. The highest BCUT2D eigenvalue weighted by molar-refractivity contribution is 5.81. The first-order valence-corrected chi connectivity index (χ1v) is 7.07. The molecule has 18 heavy (non-hydrogen) atoms. The molecule has 0 spiro atoms. The molecule has 0 heterocycles. The van der Waals surface area contributed by atoms with Crippen LogP contribution in [0.3, 0.4) is 0 Å². The summed E-state index contributed by atoms with van der Waals surface area (Å²) in [6.45, 7) is 7.93. The van der Waals surface area contributed by atoms with Gasteiger partial charge in [-0.05, 0) is 52.9 Å². The zero-order valence-electron chi connectivity index (χ0n) is 12.2. The van der Waals surface area contributed by atoms with Gasteiger partial charge in [-0.25, -0.2) is 0 Å². The summed E-state index contributed by atoms with van der Waals surface area (Å²) in [5.74, 6) is -0.0269. The van der Waals surface area contributed by atoms with Crippen LogP contribution in [0.25, 0.3) is 0 Å². The third-order valence-corrected chi connectivity index (χ3v) is 3.78. The van der Waals surface area contributed by atoms with E-state index < -0.39 is 6.10 Å². The van der Waals surface area contributed by atoms with E-state index in [1.807, 2.05) is 20.8 Å². The molecule has 1 saturated carbocycles. The Balaban J connectivity index is 2.39. The lowest BCUT2D eigenvalue weighted by Crippen LogP contribution is -2.48. The summed E-state index contributed by atoms with van der Waals surface area (Å²) in [5, 5.41) is 3.01. The highest BCUT2D eigenvalue weighted by atomic mass is 16.5. The van der Waals surface area contributed by atoms with Crippen LogP contribution in [-0.2, 0) is 9.53 Å². The first kappa shape index (κ1) is 15.4. The van der Waals surface area contributed by atoms with E-state index in [1.54, 1.807) is 0 Å². The number of rotatable bonds is 5. The maximum atomic E-state index is 12.0. The lowest BCUT2D eigenvalue weighted by molar-refractivity contribution is -0.138. The lowest BCUT2D eigenvalue weighted by Gasteiger charge is -2.31. The minimum atomic E-state index is -0.397. The van der Waals surface area contributed by atoms with Gasteiger partial charge < -0.3 is 15.8 Å². The number of carbonyl (C=O) groups is 1. The van der Waals surface area contributed by atoms with Gasteiger partial charge in [0, 0.05) is 11.6 Å². The van der Waals surface area contributed by atoms with Crippen molar-refractivity contribution in [3.05, 3.63) is 0 Å². The van der Waals surface area contributed by atoms with E-state index in [0.29, 0.717) is 0 Å². The van der Waals surface area contributed by atoms with E-state index in [0.717, 1.165) is 32.1 Å². The van der Waals surface area contributed by atoms with Crippen molar-refractivity contribution < 1.29 is 9.53 Å². The Bertz CT molecular complexity index is 279. The van der Waals surface area contributed by atoms with Crippen LogP contribution < -0.4 is 11.1 Å². The third-order valence-electron chi connectivity index (χ3n) is 3.78. The minimum absolute atomic E-state index is 0.0269. The summed E-state index contributed by atoms with van der Waals surface area (Å²) in [7, 11) is 0. The van der Waals surface area contributed by atoms with Gasteiger partial charge >= 0.3 is 0 Å². The monoisotopic (exact) mass is 256 g/mol. The minimum Gasteiger partial charge on any atom is -0.365 e. The molecule has 0 saturated heterocycles. The van der Waals surface area contributed by atoms with Crippen LogP contribution in [0.15, 0.2) is 0 Å². The van der Waals surface area contributed by atoms with E-state index in [9.17, 15) is 4.79 Å². The second kappa shape index (κ2) is 6.53. The summed E-state index contributed by atoms with van der Waals surface area (Å²) >= 11 is 0. The zero-order chi connectivity index (χ0) is 13.8. The molecular weight excluding hydrogens is 228 g/mol. The number of nitrogens with one attached hydrogen (secondary N) is 1. The van der Waals surface area contributed by atoms with Crippen LogP contribution in [0.2, 0.25) is 0 Å². The molecule has 0 aromatic carbocycles. The number of hydrogen-bond acceptors (Lipinski definition) is 3. The fraction of sp³-hybridized carbons (Fsp3) is 0.929. The largest absolute Gasteiger partial charge is 0.365 e. The van der Waals surface area contributed by atoms with Crippen molar-refractivity contribution in [2.24, 2.45) is 5.73 Å². The second-order valence-electron chi connectivity index (χ2n) is 6.05. The molecular formula is C14H28N2O2. The summed E-state index contributed by atoms with van der Waals surface area (Å²) in [4.78, 5) is 12.0. The van der Waals surface area contributed by atoms with Gasteiger partial charge in [-0.2, -0.15) is 0 Å². The topological polar surface area (TPSA) is 64.3 Å². The van der Waals surface area contributed by atoms with E-state index in [-0.39, 0.29) is 23.6 Å². The summed E-state index contributed by atoms with van der Waals surface area (Å²) < 4.78 is 5.82. The van der Waals surface area contributed by atoms with Crippen LogP contribution in [-0.4, -0.2) is 29.7 Å². The maximum absolute atomic E-state index is 12.0. The molecule has 3 N–H and O–H groups in total. The molecule has 4 heteroatoms. The first-order valence-electron chi connectivity index (χ1n) is 7.07. The Morgan fingerprint density at radius 1 is 1.50 bits per heavy atom. The molecule has 0 radical (unpaired) electrons. The standard InChI is InChI=1S/C14H28N2O2/c1-5-14(3,4)16-13(17)10(2)18-12-8-6-7-11(15)9-12/h10-12H,5-9,15H2,1-4H3,(H,16,17). The number of hydrogen-bond donors (Lipinski definition) is 2. The van der Waals surface area contributed by atoms with Gasteiger partial charge in [-0.1, -0.05) is 6.92 Å². The van der Waals surface area contributed by atoms with Gasteiger partial charge in [0.2, 0.25) is 5.91 Å². The predicted molar refractivity (Wildman–Crippen MR) is 73.3 cm³/mol. The fourth-order valence-electron chi connectivity index (χ4n) is 2.18. The van der Waals surface area contributed by atoms with Gasteiger partial charge in [0.05, 0.1) is 6.10 Å². The van der Waals surface area contributed by atoms with Crippen molar-refractivity contribution >= 4 is 5.91 Å². The molecule has 3 atom stereocenters. The van der Waals surface area contributed by atoms with Gasteiger partial charge in [0.1, 0.15) is 6.10 Å². The Hall–Kier alpha value is -0.610. The normalized spacial score (nSPS) is 26.7. The molecule has 1 rings (SSSR count). The summed E-state index contributed by atoms with van der Waals surface area (Å²) in [6.07, 6.45) is 4.70. The third kappa shape index (κ3) is 4.94. The van der Waals surface area contributed by atoms with Crippen molar-refractivity contribution in [1.29, 1.82) is 0 Å². The van der Waals surface area contributed by atoms with E-state index in [2.05, 4.69) is 12.2 Å². The molecule has 106 valence electrons. The van der Waals surface area contributed by atoms with Crippen LogP contribution in [0.4, 0.5) is 0 Å². The fourth-order valence-corrected chi connectivity index (χ4v) is 2.18. The highest BCUT2D eigenvalue weighted by Gasteiger charge is 2.26. The van der Waals surface area contributed by atoms with Crippen molar-refractivity contribution in [3.63, 3.8) is 0 Å². The predicted octanol–water partition coefficient (Wildman–Crippen LogP) is 1.97. The molecule has 0 aromatic rings. The van der Waals surface area contributed by atoms with Crippen LogP contribution in [0.1, 0.15) is 59.8 Å². The quantitative estimate of drug-likeness (QED) is 0.790. The molecule has 1 amide bonds. The Kier molecular flexibility index (Phi) is 5.60. The van der Waals surface area contributed by atoms with Crippen molar-refractivity contribution in [2.75, 3.05) is 0 Å². The van der Waals surface area contributed by atoms with Crippen molar-refractivity contribution in [2.45, 2.75) is 83.6 Å². The van der Waals surface area contributed by atoms with Gasteiger partial charge in [-0.3, -0.25) is 4.79 Å². The molecule has 1 aliphatic carbocycles. The smallest absolute Gasteiger partial charge is 0.249 e. The number of amides is 1. The van der Waals surface area contributed by atoms with Crippen LogP contribution >= 0.6 is 0 Å². The summed E-state index contributed by atoms with van der Waals surface area (Å²) in [6, 6.07) is 0.228. The summed E-state index contributed by atoms with van der Waals surface area (Å²) in [5.41, 5.74) is 5.75. The van der Waals surface area contributed by atoms with Crippen LogP contribution in [0, 0.1) is 0 Å². The van der Waals surface area contributed by atoms with E-state index in [1.165, 1.54) is 0 Å². The van der Waals surface area contributed by atoms with Crippen LogP contribution in [0.5, 0.6) is 0 Å². The Morgan fingerprint density at radius 2 is 2.17 bits per heavy atom.